The number of hydrogen-bond donors (Lipinski definition) is 3. The largest absolute Gasteiger partial charge is 0.463 e. The van der Waals surface area contributed by atoms with E-state index < -0.39 is 24.1 Å². The van der Waals surface area contributed by atoms with Crippen molar-refractivity contribution in [2.45, 2.75) is 44.9 Å². The number of aliphatic hydroxyl groups excluding tert-OH is 1. The molecule has 1 aromatic heterocycles. The van der Waals surface area contributed by atoms with Crippen molar-refractivity contribution in [3.05, 3.63) is 41.0 Å². The Morgan fingerprint density at radius 3 is 2.29 bits per heavy atom. The average Bonchev–Trinajstić information content (AvgIpc) is 3.62. The van der Waals surface area contributed by atoms with E-state index >= 15 is 0 Å². The maximum Gasteiger partial charge on any atom is 0.306 e. The first-order valence-corrected chi connectivity index (χ1v) is 14.5. The third kappa shape index (κ3) is 12.2. The lowest BCUT2D eigenvalue weighted by Gasteiger charge is -2.13. The molecule has 1 aliphatic heterocycles. The Bertz CT molecular complexity index is 1080. The maximum absolute atomic E-state index is 12.6. The molecule has 1 fully saturated rings. The van der Waals surface area contributed by atoms with Crippen LogP contribution in [0.1, 0.15) is 30.5 Å². The Balaban J connectivity index is 1.20. The zero-order valence-corrected chi connectivity index (χ0v) is 24.1. The molecule has 3 rings (SSSR count). The van der Waals surface area contributed by atoms with Crippen molar-refractivity contribution in [2.75, 3.05) is 59.4 Å². The molecule has 1 aromatic carbocycles. The fraction of sp³-hybridized carbons (Fsp3) is 0.571. The van der Waals surface area contributed by atoms with Crippen LogP contribution in [0.15, 0.2) is 29.8 Å². The minimum Gasteiger partial charge on any atom is -0.463 e. The fourth-order valence-corrected chi connectivity index (χ4v) is 4.81. The van der Waals surface area contributed by atoms with Gasteiger partial charge in [0.15, 0.2) is 0 Å². The number of aromatic nitrogens is 1. The van der Waals surface area contributed by atoms with Crippen molar-refractivity contribution in [1.82, 2.24) is 15.6 Å². The quantitative estimate of drug-likeness (QED) is 0.160. The lowest BCUT2D eigenvalue weighted by atomic mass is 10.1. The number of amides is 1. The van der Waals surface area contributed by atoms with Crippen molar-refractivity contribution in [1.29, 1.82) is 0 Å². The van der Waals surface area contributed by atoms with E-state index in [1.165, 1.54) is 0 Å². The highest BCUT2D eigenvalue weighted by atomic mass is 32.1. The molecular weight excluding hydrogens is 554 g/mol. The molecule has 1 aliphatic rings. The molecule has 0 bridgehead atoms. The molecular formula is C28H39N3O9S. The van der Waals surface area contributed by atoms with Gasteiger partial charge in [-0.15, -0.1) is 11.3 Å². The Labute approximate surface area is 243 Å². The third-order valence-corrected chi connectivity index (χ3v) is 7.11. The van der Waals surface area contributed by atoms with Crippen LogP contribution in [0.25, 0.3) is 10.4 Å². The lowest BCUT2D eigenvalue weighted by molar-refractivity contribution is -0.153. The number of aliphatic hydroxyl groups is 1. The SMILES string of the molecule is Cc1ncsc1-c1ccc(CNC(=O)C2CC(OC(=O)CCC(=O)OCCOCCOCCOCCO)CN2)cc1. The van der Waals surface area contributed by atoms with Gasteiger partial charge in [0.25, 0.3) is 0 Å². The van der Waals surface area contributed by atoms with Crippen molar-refractivity contribution >= 4 is 29.2 Å². The van der Waals surface area contributed by atoms with Crippen molar-refractivity contribution in [3.8, 4) is 10.4 Å². The number of nitrogens with one attached hydrogen (secondary N) is 2. The Morgan fingerprint density at radius 1 is 0.976 bits per heavy atom. The van der Waals surface area contributed by atoms with Gasteiger partial charge in [-0.05, 0) is 18.1 Å². The van der Waals surface area contributed by atoms with E-state index in [1.54, 1.807) is 11.3 Å². The topological polar surface area (TPSA) is 155 Å². The number of esters is 2. The number of rotatable bonds is 19. The minimum absolute atomic E-state index is 0.0196. The normalized spacial score (nSPS) is 16.4. The van der Waals surface area contributed by atoms with Gasteiger partial charge in [-0.25, -0.2) is 4.98 Å². The number of nitrogens with zero attached hydrogens (tertiary/aromatic N) is 1. The van der Waals surface area contributed by atoms with Crippen LogP contribution in [0.3, 0.4) is 0 Å². The molecule has 2 atom stereocenters. The second-order valence-electron chi connectivity index (χ2n) is 9.27. The molecule has 2 aromatic rings. The van der Waals surface area contributed by atoms with E-state index in [0.717, 1.165) is 21.7 Å². The summed E-state index contributed by atoms with van der Waals surface area (Å²) in [6, 6.07) is 7.55. The summed E-state index contributed by atoms with van der Waals surface area (Å²) in [5.41, 5.74) is 4.90. The number of benzene rings is 1. The monoisotopic (exact) mass is 593 g/mol. The molecule has 1 amide bonds. The van der Waals surface area contributed by atoms with Crippen LogP contribution in [0.2, 0.25) is 0 Å². The molecule has 0 saturated carbocycles. The van der Waals surface area contributed by atoms with Crippen LogP contribution in [-0.4, -0.2) is 99.5 Å². The number of carbonyl (C=O) groups is 3. The predicted octanol–water partition coefficient (Wildman–Crippen LogP) is 1.37. The van der Waals surface area contributed by atoms with Gasteiger partial charge in [-0.2, -0.15) is 0 Å². The van der Waals surface area contributed by atoms with E-state index in [9.17, 15) is 14.4 Å². The van der Waals surface area contributed by atoms with E-state index in [1.807, 2.05) is 36.7 Å². The van der Waals surface area contributed by atoms with Crippen LogP contribution in [0.5, 0.6) is 0 Å². The number of carbonyl (C=O) groups excluding carboxylic acids is 3. The molecule has 0 radical (unpaired) electrons. The summed E-state index contributed by atoms with van der Waals surface area (Å²) in [4.78, 5) is 42.0. The van der Waals surface area contributed by atoms with E-state index in [0.29, 0.717) is 45.9 Å². The van der Waals surface area contributed by atoms with Crippen LogP contribution in [-0.2, 0) is 44.6 Å². The molecule has 1 saturated heterocycles. The van der Waals surface area contributed by atoms with Gasteiger partial charge in [-0.3, -0.25) is 14.4 Å². The van der Waals surface area contributed by atoms with Gasteiger partial charge in [0.1, 0.15) is 12.7 Å². The molecule has 226 valence electrons. The highest BCUT2D eigenvalue weighted by Crippen LogP contribution is 2.27. The van der Waals surface area contributed by atoms with E-state index in [4.69, 9.17) is 28.8 Å². The molecule has 13 heteroatoms. The summed E-state index contributed by atoms with van der Waals surface area (Å²) >= 11 is 1.60. The van der Waals surface area contributed by atoms with Crippen LogP contribution >= 0.6 is 11.3 Å². The van der Waals surface area contributed by atoms with Crippen LogP contribution in [0, 0.1) is 6.92 Å². The first-order valence-electron chi connectivity index (χ1n) is 13.7. The number of ether oxygens (including phenoxy) is 5. The standard InChI is InChI=1S/C28H39N3O9S/c1-20-27(41-19-31-20)22-4-2-21(3-5-22)17-30-28(35)24-16-23(18-29-24)40-26(34)7-6-25(33)39-15-14-38-13-12-37-11-10-36-9-8-32/h2-5,19,23-24,29,32H,6-18H2,1H3,(H,30,35). The van der Waals surface area contributed by atoms with Gasteiger partial charge in [0.05, 0.1) is 81.2 Å². The van der Waals surface area contributed by atoms with Crippen molar-refractivity contribution in [2.24, 2.45) is 0 Å². The smallest absolute Gasteiger partial charge is 0.306 e. The van der Waals surface area contributed by atoms with Crippen molar-refractivity contribution < 1.29 is 43.2 Å². The predicted molar refractivity (Wildman–Crippen MR) is 150 cm³/mol. The van der Waals surface area contributed by atoms with Gasteiger partial charge in [0, 0.05) is 19.5 Å². The fourth-order valence-electron chi connectivity index (χ4n) is 4.00. The van der Waals surface area contributed by atoms with Gasteiger partial charge in [-0.1, -0.05) is 24.3 Å². The van der Waals surface area contributed by atoms with Crippen LogP contribution < -0.4 is 10.6 Å². The zero-order chi connectivity index (χ0) is 29.3. The molecule has 41 heavy (non-hydrogen) atoms. The first kappa shape index (κ1) is 32.6. The van der Waals surface area contributed by atoms with E-state index in [-0.39, 0.29) is 45.2 Å². The highest BCUT2D eigenvalue weighted by molar-refractivity contribution is 7.13. The molecule has 0 aliphatic carbocycles. The third-order valence-electron chi connectivity index (χ3n) is 6.14. The molecule has 12 nitrogen and oxygen atoms in total. The Morgan fingerprint density at radius 2 is 1.63 bits per heavy atom. The number of hydrogen-bond acceptors (Lipinski definition) is 12. The summed E-state index contributed by atoms with van der Waals surface area (Å²) in [5.74, 6) is -1.18. The minimum atomic E-state index is -0.514. The van der Waals surface area contributed by atoms with E-state index in [2.05, 4.69) is 15.6 Å². The summed E-state index contributed by atoms with van der Waals surface area (Å²) in [6.07, 6.45) is -0.270. The Kier molecular flexibility index (Phi) is 14.7. The summed E-state index contributed by atoms with van der Waals surface area (Å²) in [6.45, 7) is 4.83. The summed E-state index contributed by atoms with van der Waals surface area (Å²) in [7, 11) is 0. The highest BCUT2D eigenvalue weighted by Gasteiger charge is 2.31. The number of aryl methyl sites for hydroxylation is 1. The lowest BCUT2D eigenvalue weighted by Crippen LogP contribution is -2.39. The Hall–Kier alpha value is -2.94. The summed E-state index contributed by atoms with van der Waals surface area (Å²) in [5, 5.41) is 14.6. The molecule has 3 N–H and O–H groups in total. The van der Waals surface area contributed by atoms with Crippen molar-refractivity contribution in [3.63, 3.8) is 0 Å². The van der Waals surface area contributed by atoms with Gasteiger partial charge in [0.2, 0.25) is 5.91 Å². The molecule has 2 unspecified atom stereocenters. The number of thiazole rings is 1. The van der Waals surface area contributed by atoms with Gasteiger partial charge < -0.3 is 39.4 Å². The second-order valence-corrected chi connectivity index (χ2v) is 10.1. The van der Waals surface area contributed by atoms with Gasteiger partial charge >= 0.3 is 11.9 Å². The average molecular weight is 594 g/mol. The summed E-state index contributed by atoms with van der Waals surface area (Å²) < 4.78 is 26.1. The maximum atomic E-state index is 12.6. The van der Waals surface area contributed by atoms with Crippen LogP contribution in [0.4, 0.5) is 0 Å². The first-order chi connectivity index (χ1) is 20.0. The molecule has 2 heterocycles. The second kappa shape index (κ2) is 18.5. The molecule has 0 spiro atoms. The zero-order valence-electron chi connectivity index (χ0n) is 23.3.